The smallest absolute Gasteiger partial charge is 0.159 e. The zero-order valence-electron chi connectivity index (χ0n) is 12.6. The molecule has 6 nitrogen and oxygen atoms in total. The van der Waals surface area contributed by atoms with Gasteiger partial charge in [-0.1, -0.05) is 0 Å². The second-order valence-corrected chi connectivity index (χ2v) is 6.21. The Morgan fingerprint density at radius 3 is 3.09 bits per heavy atom. The van der Waals surface area contributed by atoms with Crippen LogP contribution in [0.1, 0.15) is 18.5 Å². The van der Waals surface area contributed by atoms with Gasteiger partial charge in [-0.3, -0.25) is 0 Å². The van der Waals surface area contributed by atoms with Gasteiger partial charge in [0.1, 0.15) is 11.8 Å². The van der Waals surface area contributed by atoms with E-state index < -0.39 is 0 Å². The van der Waals surface area contributed by atoms with Crippen LogP contribution < -0.4 is 4.90 Å². The molecule has 0 radical (unpaired) electrons. The number of aliphatic hydroxyl groups is 1. The van der Waals surface area contributed by atoms with Crippen LogP contribution in [0.5, 0.6) is 0 Å². The van der Waals surface area contributed by atoms with Gasteiger partial charge in [0, 0.05) is 18.8 Å². The standard InChI is InChI=1S/C16H20N4O2/c1-10-2-3-12-15(19-10)16(18-9-17-12)20-4-5-22-14-7-11(8-21)6-13(14)20/h2-3,9,11,13-14,21H,4-8H2,1H3/t11-,13+,14?/m1/s1. The zero-order valence-corrected chi connectivity index (χ0v) is 12.6. The zero-order chi connectivity index (χ0) is 15.1. The van der Waals surface area contributed by atoms with E-state index in [0.717, 1.165) is 41.9 Å². The molecular formula is C16H20N4O2. The summed E-state index contributed by atoms with van der Waals surface area (Å²) < 4.78 is 5.90. The molecule has 2 aliphatic rings. The SMILES string of the molecule is Cc1ccc2ncnc(N3CCOC4C[C@H](CO)C[C@@H]43)c2n1. The number of fused-ring (bicyclic) bond motifs is 2. The lowest BCUT2D eigenvalue weighted by Gasteiger charge is -2.38. The van der Waals surface area contributed by atoms with Crippen molar-refractivity contribution in [3.8, 4) is 0 Å². The molecule has 3 atom stereocenters. The predicted molar refractivity (Wildman–Crippen MR) is 82.8 cm³/mol. The summed E-state index contributed by atoms with van der Waals surface area (Å²) in [5.74, 6) is 1.21. The second-order valence-electron chi connectivity index (χ2n) is 6.21. The first-order chi connectivity index (χ1) is 10.8. The van der Waals surface area contributed by atoms with Crippen LogP contribution in [0.25, 0.3) is 11.0 Å². The van der Waals surface area contributed by atoms with Crippen LogP contribution >= 0.6 is 0 Å². The van der Waals surface area contributed by atoms with E-state index in [1.807, 2.05) is 19.1 Å². The third-order valence-electron chi connectivity index (χ3n) is 4.77. The Balaban J connectivity index is 1.76. The average molecular weight is 300 g/mol. The Hall–Kier alpha value is -1.79. The van der Waals surface area contributed by atoms with Gasteiger partial charge in [-0.2, -0.15) is 0 Å². The molecule has 1 N–H and O–H groups in total. The molecule has 0 bridgehead atoms. The highest BCUT2D eigenvalue weighted by molar-refractivity contribution is 5.85. The number of pyridine rings is 1. The third-order valence-corrected chi connectivity index (χ3v) is 4.77. The largest absolute Gasteiger partial charge is 0.396 e. The second kappa shape index (κ2) is 5.44. The number of aromatic nitrogens is 3. The fraction of sp³-hybridized carbons (Fsp3) is 0.562. The Bertz CT molecular complexity index is 693. The Morgan fingerprint density at radius 2 is 2.23 bits per heavy atom. The van der Waals surface area contributed by atoms with Crippen LogP contribution in [0, 0.1) is 12.8 Å². The van der Waals surface area contributed by atoms with Gasteiger partial charge in [0.15, 0.2) is 5.82 Å². The first-order valence-corrected chi connectivity index (χ1v) is 7.83. The highest BCUT2D eigenvalue weighted by Crippen LogP contribution is 2.37. The van der Waals surface area contributed by atoms with Crippen molar-refractivity contribution < 1.29 is 9.84 Å². The van der Waals surface area contributed by atoms with Gasteiger partial charge in [-0.25, -0.2) is 15.0 Å². The van der Waals surface area contributed by atoms with Crippen LogP contribution in [-0.2, 0) is 4.74 Å². The van der Waals surface area contributed by atoms with E-state index in [0.29, 0.717) is 12.5 Å². The topological polar surface area (TPSA) is 71.4 Å². The molecule has 0 amide bonds. The molecule has 0 spiro atoms. The summed E-state index contributed by atoms with van der Waals surface area (Å²) in [4.78, 5) is 15.8. The van der Waals surface area contributed by atoms with Gasteiger partial charge in [0.25, 0.3) is 0 Å². The molecule has 2 aromatic heterocycles. The Kier molecular flexibility index (Phi) is 3.43. The molecule has 1 saturated carbocycles. The number of hydrogen-bond acceptors (Lipinski definition) is 6. The summed E-state index contributed by atoms with van der Waals surface area (Å²) in [6.45, 7) is 3.71. The van der Waals surface area contributed by atoms with Gasteiger partial charge < -0.3 is 14.7 Å². The number of rotatable bonds is 2. The molecule has 4 rings (SSSR count). The van der Waals surface area contributed by atoms with Gasteiger partial charge in [-0.15, -0.1) is 0 Å². The first-order valence-electron chi connectivity index (χ1n) is 7.83. The maximum absolute atomic E-state index is 9.47. The van der Waals surface area contributed by atoms with E-state index in [-0.39, 0.29) is 18.8 Å². The quantitative estimate of drug-likeness (QED) is 0.901. The molecule has 2 aromatic rings. The monoisotopic (exact) mass is 300 g/mol. The van der Waals surface area contributed by atoms with E-state index in [9.17, 15) is 5.11 Å². The number of aliphatic hydroxyl groups excluding tert-OH is 1. The fourth-order valence-corrected chi connectivity index (χ4v) is 3.70. The molecule has 1 unspecified atom stereocenters. The van der Waals surface area contributed by atoms with Crippen molar-refractivity contribution in [1.29, 1.82) is 0 Å². The third kappa shape index (κ3) is 2.23. The van der Waals surface area contributed by atoms with Crippen molar-refractivity contribution in [2.75, 3.05) is 24.7 Å². The molecule has 3 heterocycles. The fourth-order valence-electron chi connectivity index (χ4n) is 3.70. The summed E-state index contributed by atoms with van der Waals surface area (Å²) in [6, 6.07) is 4.23. The molecular weight excluding hydrogens is 280 g/mol. The highest BCUT2D eigenvalue weighted by Gasteiger charge is 2.41. The average Bonchev–Trinajstić information content (AvgIpc) is 2.97. The number of hydrogen-bond donors (Lipinski definition) is 1. The van der Waals surface area contributed by atoms with Crippen molar-refractivity contribution in [3.63, 3.8) is 0 Å². The maximum atomic E-state index is 9.47. The molecule has 0 aromatic carbocycles. The number of aryl methyl sites for hydroxylation is 1. The minimum absolute atomic E-state index is 0.181. The molecule has 1 saturated heterocycles. The summed E-state index contributed by atoms with van der Waals surface area (Å²) in [6.07, 6.45) is 3.66. The van der Waals surface area contributed by atoms with E-state index in [1.54, 1.807) is 6.33 Å². The molecule has 116 valence electrons. The van der Waals surface area contributed by atoms with Crippen LogP contribution in [0.4, 0.5) is 5.82 Å². The number of nitrogens with zero attached hydrogens (tertiary/aromatic N) is 4. The Morgan fingerprint density at radius 1 is 1.32 bits per heavy atom. The molecule has 2 fully saturated rings. The van der Waals surface area contributed by atoms with Crippen LogP contribution in [0.3, 0.4) is 0 Å². The van der Waals surface area contributed by atoms with Crippen molar-refractivity contribution in [3.05, 3.63) is 24.2 Å². The van der Waals surface area contributed by atoms with E-state index in [4.69, 9.17) is 4.74 Å². The van der Waals surface area contributed by atoms with Crippen molar-refractivity contribution in [2.45, 2.75) is 31.9 Å². The van der Waals surface area contributed by atoms with E-state index in [1.165, 1.54) is 0 Å². The van der Waals surface area contributed by atoms with Gasteiger partial charge >= 0.3 is 0 Å². The van der Waals surface area contributed by atoms with Crippen molar-refractivity contribution >= 4 is 16.9 Å². The van der Waals surface area contributed by atoms with Crippen molar-refractivity contribution in [2.24, 2.45) is 5.92 Å². The van der Waals surface area contributed by atoms with Crippen LogP contribution in [-0.4, -0.2) is 52.0 Å². The predicted octanol–water partition coefficient (Wildman–Crippen LogP) is 1.31. The van der Waals surface area contributed by atoms with Crippen molar-refractivity contribution in [1.82, 2.24) is 15.0 Å². The number of anilines is 1. The summed E-state index contributed by atoms with van der Waals surface area (Å²) in [7, 11) is 0. The normalized spacial score (nSPS) is 28.1. The lowest BCUT2D eigenvalue weighted by Crippen LogP contribution is -2.49. The Labute approximate surface area is 129 Å². The summed E-state index contributed by atoms with van der Waals surface area (Å²) >= 11 is 0. The molecule has 1 aliphatic heterocycles. The van der Waals surface area contributed by atoms with E-state index in [2.05, 4.69) is 19.9 Å². The minimum Gasteiger partial charge on any atom is -0.396 e. The summed E-state index contributed by atoms with van der Waals surface area (Å²) in [5.41, 5.74) is 2.69. The first kappa shape index (κ1) is 13.8. The number of ether oxygens (including phenoxy) is 1. The minimum atomic E-state index is 0.181. The van der Waals surface area contributed by atoms with Gasteiger partial charge in [-0.05, 0) is 37.8 Å². The molecule has 1 aliphatic carbocycles. The maximum Gasteiger partial charge on any atom is 0.159 e. The lowest BCUT2D eigenvalue weighted by molar-refractivity contribution is 0.0229. The lowest BCUT2D eigenvalue weighted by atomic mass is 10.1. The van der Waals surface area contributed by atoms with Gasteiger partial charge in [0.05, 0.1) is 24.3 Å². The van der Waals surface area contributed by atoms with Crippen LogP contribution in [0.15, 0.2) is 18.5 Å². The highest BCUT2D eigenvalue weighted by atomic mass is 16.5. The molecule has 6 heteroatoms. The van der Waals surface area contributed by atoms with Crippen LogP contribution in [0.2, 0.25) is 0 Å². The molecule has 22 heavy (non-hydrogen) atoms. The van der Waals surface area contributed by atoms with E-state index >= 15 is 0 Å². The van der Waals surface area contributed by atoms with Gasteiger partial charge in [0.2, 0.25) is 0 Å². The summed E-state index contributed by atoms with van der Waals surface area (Å²) in [5, 5.41) is 9.47. The number of morpholine rings is 1.